The number of nitro benzene ring substituents is 2. The van der Waals surface area contributed by atoms with Crippen molar-refractivity contribution < 1.29 is 19.1 Å². The molecule has 8 nitrogen and oxygen atoms in total. The van der Waals surface area contributed by atoms with Crippen LogP contribution in [0.2, 0.25) is 5.02 Å². The van der Waals surface area contributed by atoms with Crippen LogP contribution in [0, 0.1) is 20.2 Å². The Hall–Kier alpha value is -2.15. The van der Waals surface area contributed by atoms with Gasteiger partial charge in [-0.2, -0.15) is 0 Å². The molecule has 0 aromatic heterocycles. The van der Waals surface area contributed by atoms with Crippen molar-refractivity contribution in [2.24, 2.45) is 0 Å². The fourth-order valence-corrected chi connectivity index (χ4v) is 3.74. The van der Waals surface area contributed by atoms with E-state index in [0.29, 0.717) is 0 Å². The molecule has 0 aliphatic carbocycles. The molecule has 1 atom stereocenters. The summed E-state index contributed by atoms with van der Waals surface area (Å²) >= 11 is 11.7. The van der Waals surface area contributed by atoms with E-state index in [9.17, 15) is 24.8 Å². The van der Waals surface area contributed by atoms with Gasteiger partial charge in [0.05, 0.1) is 9.85 Å². The zero-order valence-electron chi connectivity index (χ0n) is 12.7. The van der Waals surface area contributed by atoms with Crippen LogP contribution in [0.1, 0.15) is 6.92 Å². The van der Waals surface area contributed by atoms with E-state index in [-0.39, 0.29) is 33.7 Å². The smallest absolute Gasteiger partial charge is 0.313 e. The molecule has 25 heavy (non-hydrogen) atoms. The van der Waals surface area contributed by atoms with Gasteiger partial charge in [0.15, 0.2) is 0 Å². The first-order valence-electron chi connectivity index (χ1n) is 6.85. The summed E-state index contributed by atoms with van der Waals surface area (Å²) in [6.07, 6.45) is -0.0000580. The van der Waals surface area contributed by atoms with Gasteiger partial charge >= 0.3 is 5.69 Å². The third kappa shape index (κ3) is 4.28. The third-order valence-electron chi connectivity index (χ3n) is 3.26. The molecule has 0 aliphatic rings. The van der Waals surface area contributed by atoms with E-state index in [4.69, 9.17) is 27.6 Å². The number of hydrogen-bond donors (Lipinski definition) is 0. The molecule has 0 aliphatic heterocycles. The largest absolute Gasteiger partial charge is 0.450 e. The minimum atomic E-state index is -3.49. The second-order valence-corrected chi connectivity index (χ2v) is 9.34. The van der Waals surface area contributed by atoms with Gasteiger partial charge in [-0.1, -0.05) is 18.5 Å². The molecule has 2 rings (SSSR count). The minimum Gasteiger partial charge on any atom is -0.450 e. The first kappa shape index (κ1) is 19.2. The lowest BCUT2D eigenvalue weighted by molar-refractivity contribution is -0.385. The average molecular weight is 405 g/mol. The minimum absolute atomic E-state index is 0.0000580. The highest BCUT2D eigenvalue weighted by atomic mass is 35.7. The van der Waals surface area contributed by atoms with Gasteiger partial charge in [0, 0.05) is 23.3 Å². The van der Waals surface area contributed by atoms with Crippen LogP contribution in [-0.2, 0) is 4.57 Å². The molecule has 0 heterocycles. The number of nitrogens with zero attached hydrogens (tertiary/aromatic N) is 2. The van der Waals surface area contributed by atoms with Crippen molar-refractivity contribution in [2.75, 3.05) is 6.16 Å². The average Bonchev–Trinajstić information content (AvgIpc) is 2.56. The van der Waals surface area contributed by atoms with Crippen LogP contribution in [0.3, 0.4) is 0 Å². The Morgan fingerprint density at radius 3 is 2.28 bits per heavy atom. The van der Waals surface area contributed by atoms with Gasteiger partial charge < -0.3 is 9.30 Å². The van der Waals surface area contributed by atoms with Gasteiger partial charge in [-0.3, -0.25) is 20.2 Å². The van der Waals surface area contributed by atoms with E-state index in [0.717, 1.165) is 18.2 Å². The molecule has 0 radical (unpaired) electrons. The van der Waals surface area contributed by atoms with Crippen LogP contribution >= 0.6 is 29.3 Å². The highest BCUT2D eigenvalue weighted by molar-refractivity contribution is 7.95. The second kappa shape index (κ2) is 7.39. The van der Waals surface area contributed by atoms with Crippen molar-refractivity contribution in [3.8, 4) is 11.5 Å². The number of rotatable bonds is 6. The summed E-state index contributed by atoms with van der Waals surface area (Å²) in [5, 5.41) is 22.2. The van der Waals surface area contributed by atoms with Crippen molar-refractivity contribution in [3.05, 3.63) is 61.6 Å². The monoisotopic (exact) mass is 404 g/mol. The lowest BCUT2D eigenvalue weighted by Gasteiger charge is -2.12. The Morgan fingerprint density at radius 1 is 1.08 bits per heavy atom. The summed E-state index contributed by atoms with van der Waals surface area (Å²) in [5.41, 5.74) is -0.782. The summed E-state index contributed by atoms with van der Waals surface area (Å²) in [6, 6.07) is 7.30. The fourth-order valence-electron chi connectivity index (χ4n) is 2.01. The standard InChI is InChI=1S/C14H11Cl2N2O6P/c1-2-25(16,23)14-8-10(4-5-11(14)17(19)20)24-13-6-3-9(15)7-12(13)18(21)22/h3-8H,2H2,1H3. The normalized spacial score (nSPS) is 13.1. The molecule has 2 aromatic carbocycles. The van der Waals surface area contributed by atoms with Crippen LogP contribution < -0.4 is 10.0 Å². The molecule has 0 amide bonds. The van der Waals surface area contributed by atoms with Crippen LogP contribution in [0.15, 0.2) is 36.4 Å². The summed E-state index contributed by atoms with van der Waals surface area (Å²) in [5.74, 6) is -0.0875. The summed E-state index contributed by atoms with van der Waals surface area (Å²) in [7, 11) is 0. The molecule has 0 saturated heterocycles. The number of benzene rings is 2. The molecular formula is C14H11Cl2N2O6P. The highest BCUT2D eigenvalue weighted by Gasteiger charge is 2.29. The number of ether oxygens (including phenoxy) is 1. The maximum Gasteiger partial charge on any atom is 0.313 e. The predicted molar refractivity (Wildman–Crippen MR) is 94.9 cm³/mol. The molecule has 11 heteroatoms. The number of halogens is 2. The quantitative estimate of drug-likeness (QED) is 0.375. The SMILES string of the molecule is CCP(=O)(Cl)c1cc(Oc2ccc(Cl)cc2[N+](=O)[O-])ccc1[N+](=O)[O-]. The summed E-state index contributed by atoms with van der Waals surface area (Å²) in [6.45, 7) is -1.96. The summed E-state index contributed by atoms with van der Waals surface area (Å²) in [4.78, 5) is 20.8. The molecule has 0 fully saturated rings. The van der Waals surface area contributed by atoms with Gasteiger partial charge in [-0.15, -0.1) is 0 Å². The van der Waals surface area contributed by atoms with Crippen molar-refractivity contribution in [1.29, 1.82) is 0 Å². The molecule has 0 saturated carbocycles. The lowest BCUT2D eigenvalue weighted by Crippen LogP contribution is -2.10. The maximum atomic E-state index is 12.4. The Labute approximate surface area is 151 Å². The van der Waals surface area contributed by atoms with Crippen LogP contribution in [0.4, 0.5) is 11.4 Å². The topological polar surface area (TPSA) is 113 Å². The molecule has 0 bridgehead atoms. The third-order valence-corrected chi connectivity index (χ3v) is 6.65. The Morgan fingerprint density at radius 2 is 1.72 bits per heavy atom. The molecule has 132 valence electrons. The Balaban J connectivity index is 2.52. The van der Waals surface area contributed by atoms with E-state index in [2.05, 4.69) is 0 Å². The molecule has 0 spiro atoms. The zero-order chi connectivity index (χ0) is 18.8. The first-order valence-corrected chi connectivity index (χ1v) is 10.0. The first-order chi connectivity index (χ1) is 11.7. The van der Waals surface area contributed by atoms with Crippen LogP contribution in [0.25, 0.3) is 0 Å². The molecule has 2 aromatic rings. The van der Waals surface area contributed by atoms with Crippen molar-refractivity contribution >= 4 is 46.0 Å². The van der Waals surface area contributed by atoms with Gasteiger partial charge in [-0.25, -0.2) is 0 Å². The molecule has 0 N–H and O–H groups in total. The van der Waals surface area contributed by atoms with Crippen molar-refractivity contribution in [1.82, 2.24) is 0 Å². The molecular weight excluding hydrogens is 394 g/mol. The fraction of sp³-hybridized carbons (Fsp3) is 0.143. The number of hydrogen-bond acceptors (Lipinski definition) is 6. The zero-order valence-corrected chi connectivity index (χ0v) is 15.1. The molecule has 1 unspecified atom stereocenters. The van der Waals surface area contributed by atoms with Crippen LogP contribution in [0.5, 0.6) is 11.5 Å². The van der Waals surface area contributed by atoms with E-state index in [1.807, 2.05) is 0 Å². The second-order valence-electron chi connectivity index (χ2n) is 4.85. The van der Waals surface area contributed by atoms with E-state index in [1.54, 1.807) is 0 Å². The van der Waals surface area contributed by atoms with E-state index >= 15 is 0 Å². The lowest BCUT2D eigenvalue weighted by atomic mass is 10.3. The van der Waals surface area contributed by atoms with Crippen molar-refractivity contribution in [3.63, 3.8) is 0 Å². The van der Waals surface area contributed by atoms with Crippen molar-refractivity contribution in [2.45, 2.75) is 6.92 Å². The van der Waals surface area contributed by atoms with Gasteiger partial charge in [0.1, 0.15) is 11.1 Å². The van der Waals surface area contributed by atoms with Gasteiger partial charge in [-0.05, 0) is 35.5 Å². The maximum absolute atomic E-state index is 12.4. The Bertz CT molecular complexity index is 905. The van der Waals surface area contributed by atoms with E-state index < -0.39 is 22.0 Å². The van der Waals surface area contributed by atoms with E-state index in [1.165, 1.54) is 25.1 Å². The van der Waals surface area contributed by atoms with Crippen LogP contribution in [-0.4, -0.2) is 16.0 Å². The highest BCUT2D eigenvalue weighted by Crippen LogP contribution is 2.52. The van der Waals surface area contributed by atoms with Gasteiger partial charge in [0.25, 0.3) is 5.69 Å². The number of nitro groups is 2. The van der Waals surface area contributed by atoms with Gasteiger partial charge in [0.2, 0.25) is 12.2 Å². The predicted octanol–water partition coefficient (Wildman–Crippen LogP) is 5.11. The summed E-state index contributed by atoms with van der Waals surface area (Å²) < 4.78 is 17.9. The Kier molecular flexibility index (Phi) is 5.67.